The highest BCUT2D eigenvalue weighted by molar-refractivity contribution is 5.94. The van der Waals surface area contributed by atoms with Crippen molar-refractivity contribution in [2.45, 2.75) is 6.61 Å². The van der Waals surface area contributed by atoms with Crippen LogP contribution in [0.15, 0.2) is 48.5 Å². The Bertz CT molecular complexity index is 757. The smallest absolute Gasteiger partial charge is 0.252 e. The number of nitrogens with one attached hydrogen (secondary N) is 1. The van der Waals surface area contributed by atoms with Gasteiger partial charge in [0.05, 0.1) is 17.7 Å². The van der Waals surface area contributed by atoms with Crippen LogP contribution in [-0.2, 0) is 6.61 Å². The maximum atomic E-state index is 11.8. The summed E-state index contributed by atoms with van der Waals surface area (Å²) in [6.45, 7) is 0.259. The van der Waals surface area contributed by atoms with Crippen LogP contribution in [0.2, 0.25) is 0 Å². The van der Waals surface area contributed by atoms with E-state index in [-0.39, 0.29) is 19.1 Å². The van der Waals surface area contributed by atoms with Crippen LogP contribution in [0.4, 0.5) is 0 Å². The fourth-order valence-corrected chi connectivity index (χ4v) is 1.85. The van der Waals surface area contributed by atoms with Gasteiger partial charge >= 0.3 is 0 Å². The van der Waals surface area contributed by atoms with Crippen molar-refractivity contribution in [2.75, 3.05) is 6.54 Å². The summed E-state index contributed by atoms with van der Waals surface area (Å²) in [6.07, 6.45) is 0. The molecule has 0 aromatic heterocycles. The van der Waals surface area contributed by atoms with Crippen LogP contribution in [0.5, 0.6) is 5.75 Å². The van der Waals surface area contributed by atoms with Crippen LogP contribution in [0.3, 0.4) is 0 Å². The number of rotatable bonds is 5. The summed E-state index contributed by atoms with van der Waals surface area (Å²) in [5, 5.41) is 19.8. The Morgan fingerprint density at radius 1 is 1.14 bits per heavy atom. The van der Waals surface area contributed by atoms with Crippen LogP contribution in [0.1, 0.15) is 21.5 Å². The minimum atomic E-state index is -0.296. The standard InChI is InChI=1S/C17H13N3O2/c18-7-8-20-17(21)15-5-1-4-14(9-15)12-22-16-6-2-3-13(10-16)11-19/h1-6,9-10H,8,12H2,(H,20,21). The minimum Gasteiger partial charge on any atom is -0.489 e. The third kappa shape index (κ3) is 4.09. The van der Waals surface area contributed by atoms with Gasteiger partial charge in [-0.15, -0.1) is 0 Å². The van der Waals surface area contributed by atoms with E-state index < -0.39 is 0 Å². The van der Waals surface area contributed by atoms with Gasteiger partial charge in [0.2, 0.25) is 0 Å². The molecule has 1 amide bonds. The normalized spacial score (nSPS) is 9.36. The topological polar surface area (TPSA) is 85.9 Å². The fourth-order valence-electron chi connectivity index (χ4n) is 1.85. The van der Waals surface area contributed by atoms with E-state index in [4.69, 9.17) is 15.3 Å². The number of hydrogen-bond donors (Lipinski definition) is 1. The number of nitrogens with zero attached hydrogens (tertiary/aromatic N) is 2. The molecule has 108 valence electrons. The Kier molecular flexibility index (Phi) is 5.12. The second-order valence-electron chi connectivity index (χ2n) is 4.47. The molecule has 0 aliphatic carbocycles. The summed E-state index contributed by atoms with van der Waals surface area (Å²) in [5.74, 6) is 0.299. The molecule has 5 nitrogen and oxygen atoms in total. The second kappa shape index (κ2) is 7.47. The van der Waals surface area contributed by atoms with Gasteiger partial charge in [0.25, 0.3) is 5.91 Å². The van der Waals surface area contributed by atoms with Crippen molar-refractivity contribution >= 4 is 5.91 Å². The largest absolute Gasteiger partial charge is 0.489 e. The van der Waals surface area contributed by atoms with Crippen LogP contribution in [-0.4, -0.2) is 12.5 Å². The van der Waals surface area contributed by atoms with Crippen molar-refractivity contribution in [1.29, 1.82) is 10.5 Å². The number of ether oxygens (including phenoxy) is 1. The molecular weight excluding hydrogens is 278 g/mol. The SMILES string of the molecule is N#CCNC(=O)c1cccc(COc2cccc(C#N)c2)c1. The summed E-state index contributed by atoms with van der Waals surface area (Å²) in [7, 11) is 0. The summed E-state index contributed by atoms with van der Waals surface area (Å²) < 4.78 is 5.62. The van der Waals surface area contributed by atoms with Gasteiger partial charge in [0, 0.05) is 5.56 Å². The first kappa shape index (κ1) is 15.1. The predicted octanol–water partition coefficient (Wildman–Crippen LogP) is 2.39. The van der Waals surface area contributed by atoms with E-state index >= 15 is 0 Å². The quantitative estimate of drug-likeness (QED) is 0.857. The van der Waals surface area contributed by atoms with Crippen molar-refractivity contribution < 1.29 is 9.53 Å². The number of benzene rings is 2. The molecule has 0 bridgehead atoms. The molecule has 1 N–H and O–H groups in total. The zero-order chi connectivity index (χ0) is 15.8. The van der Waals surface area contributed by atoms with Crippen LogP contribution in [0.25, 0.3) is 0 Å². The van der Waals surface area contributed by atoms with Gasteiger partial charge in [-0.3, -0.25) is 4.79 Å². The molecule has 22 heavy (non-hydrogen) atoms. The Balaban J connectivity index is 2.03. The number of carbonyl (C=O) groups excluding carboxylic acids is 1. The van der Waals surface area contributed by atoms with Crippen LogP contribution in [0, 0.1) is 22.7 Å². The number of nitriles is 2. The highest BCUT2D eigenvalue weighted by atomic mass is 16.5. The van der Waals surface area contributed by atoms with Gasteiger partial charge in [-0.2, -0.15) is 10.5 Å². The van der Waals surface area contributed by atoms with E-state index in [1.54, 1.807) is 42.5 Å². The molecule has 0 saturated heterocycles. The number of amides is 1. The lowest BCUT2D eigenvalue weighted by molar-refractivity contribution is 0.0958. The Morgan fingerprint density at radius 3 is 2.73 bits per heavy atom. The summed E-state index contributed by atoms with van der Waals surface area (Å²) >= 11 is 0. The molecule has 0 spiro atoms. The molecule has 0 heterocycles. The second-order valence-corrected chi connectivity index (χ2v) is 4.47. The van der Waals surface area contributed by atoms with Crippen molar-refractivity contribution in [2.24, 2.45) is 0 Å². The molecule has 0 aliphatic rings. The average Bonchev–Trinajstić information content (AvgIpc) is 2.58. The monoisotopic (exact) mass is 291 g/mol. The zero-order valence-corrected chi connectivity index (χ0v) is 11.7. The molecule has 2 rings (SSSR count). The van der Waals surface area contributed by atoms with Gasteiger partial charge in [-0.1, -0.05) is 18.2 Å². The molecule has 0 aliphatic heterocycles. The van der Waals surface area contributed by atoms with E-state index in [9.17, 15) is 4.79 Å². The Morgan fingerprint density at radius 2 is 1.95 bits per heavy atom. The minimum absolute atomic E-state index is 0.0273. The number of hydrogen-bond acceptors (Lipinski definition) is 4. The molecule has 0 unspecified atom stereocenters. The lowest BCUT2D eigenvalue weighted by atomic mass is 10.1. The maximum absolute atomic E-state index is 11.8. The molecule has 5 heteroatoms. The van der Waals surface area contributed by atoms with Crippen LogP contribution < -0.4 is 10.1 Å². The third-order valence-electron chi connectivity index (χ3n) is 2.89. The van der Waals surface area contributed by atoms with Crippen LogP contribution >= 0.6 is 0 Å². The molecule has 0 saturated carbocycles. The van der Waals surface area contributed by atoms with Gasteiger partial charge in [-0.05, 0) is 35.9 Å². The lowest BCUT2D eigenvalue weighted by Gasteiger charge is -2.08. The zero-order valence-electron chi connectivity index (χ0n) is 11.7. The van der Waals surface area contributed by atoms with Gasteiger partial charge in [0.15, 0.2) is 0 Å². The van der Waals surface area contributed by atoms with E-state index in [1.807, 2.05) is 18.2 Å². The molecule has 0 atom stereocenters. The molecule has 2 aromatic rings. The Hall–Kier alpha value is -3.31. The average molecular weight is 291 g/mol. The van der Waals surface area contributed by atoms with Gasteiger partial charge in [0.1, 0.15) is 18.9 Å². The fraction of sp³-hybridized carbons (Fsp3) is 0.118. The van der Waals surface area contributed by atoms with Crippen molar-refractivity contribution in [3.8, 4) is 17.9 Å². The maximum Gasteiger partial charge on any atom is 0.252 e. The van der Waals surface area contributed by atoms with E-state index in [0.29, 0.717) is 16.9 Å². The van der Waals surface area contributed by atoms with E-state index in [1.165, 1.54) is 0 Å². The predicted molar refractivity (Wildman–Crippen MR) is 79.9 cm³/mol. The van der Waals surface area contributed by atoms with E-state index in [2.05, 4.69) is 5.32 Å². The molecule has 0 fully saturated rings. The third-order valence-corrected chi connectivity index (χ3v) is 2.89. The highest BCUT2D eigenvalue weighted by Crippen LogP contribution is 2.15. The van der Waals surface area contributed by atoms with Crippen molar-refractivity contribution in [1.82, 2.24) is 5.32 Å². The van der Waals surface area contributed by atoms with E-state index in [0.717, 1.165) is 5.56 Å². The van der Waals surface area contributed by atoms with Crippen molar-refractivity contribution in [3.63, 3.8) is 0 Å². The Labute approximate surface area is 128 Å². The van der Waals surface area contributed by atoms with Gasteiger partial charge < -0.3 is 10.1 Å². The lowest BCUT2D eigenvalue weighted by Crippen LogP contribution is -2.23. The molecule has 0 radical (unpaired) electrons. The molecule has 2 aromatic carbocycles. The summed E-state index contributed by atoms with van der Waals surface area (Å²) in [4.78, 5) is 11.8. The van der Waals surface area contributed by atoms with Gasteiger partial charge in [-0.25, -0.2) is 0 Å². The molecular formula is C17H13N3O2. The first-order valence-electron chi connectivity index (χ1n) is 6.60. The highest BCUT2D eigenvalue weighted by Gasteiger charge is 2.06. The summed E-state index contributed by atoms with van der Waals surface area (Å²) in [5.41, 5.74) is 1.83. The summed E-state index contributed by atoms with van der Waals surface area (Å²) in [6, 6.07) is 17.8. The first-order chi connectivity index (χ1) is 10.7. The first-order valence-corrected chi connectivity index (χ1v) is 6.60. The van der Waals surface area contributed by atoms with Crippen molar-refractivity contribution in [3.05, 3.63) is 65.2 Å². The number of carbonyl (C=O) groups is 1.